The van der Waals surface area contributed by atoms with Crippen molar-refractivity contribution in [2.45, 2.75) is 6.42 Å². The molecule has 0 aliphatic rings. The third kappa shape index (κ3) is 2.80. The third-order valence-electron chi connectivity index (χ3n) is 3.92. The lowest BCUT2D eigenvalue weighted by Gasteiger charge is -2.14. The van der Waals surface area contributed by atoms with Crippen molar-refractivity contribution in [1.29, 1.82) is 0 Å². The van der Waals surface area contributed by atoms with Crippen molar-refractivity contribution in [2.24, 2.45) is 0 Å². The number of hydrogen-bond donors (Lipinski definition) is 0. The first-order valence-corrected chi connectivity index (χ1v) is 7.46. The average molecular weight is 326 g/mol. The Morgan fingerprint density at radius 3 is 2.25 bits per heavy atom. The van der Waals surface area contributed by atoms with Gasteiger partial charge in [-0.15, -0.1) is 0 Å². The van der Waals surface area contributed by atoms with Crippen molar-refractivity contribution < 1.29 is 18.6 Å². The van der Waals surface area contributed by atoms with Crippen LogP contribution in [-0.4, -0.2) is 21.3 Å². The molecule has 24 heavy (non-hydrogen) atoms. The molecule has 0 aliphatic carbocycles. The Kier molecular flexibility index (Phi) is 4.42. The summed E-state index contributed by atoms with van der Waals surface area (Å²) in [7, 11) is 4.71. The van der Waals surface area contributed by atoms with Crippen LogP contribution in [0.3, 0.4) is 0 Å². The summed E-state index contributed by atoms with van der Waals surface area (Å²) < 4.78 is 21.6. The fourth-order valence-corrected chi connectivity index (χ4v) is 2.68. The Bertz CT molecular complexity index is 927. The van der Waals surface area contributed by atoms with Crippen LogP contribution in [0, 0.1) is 0 Å². The van der Waals surface area contributed by atoms with Crippen LogP contribution in [0.2, 0.25) is 0 Å². The Balaban J connectivity index is 2.08. The Morgan fingerprint density at radius 1 is 0.875 bits per heavy atom. The van der Waals surface area contributed by atoms with Gasteiger partial charge in [0.25, 0.3) is 0 Å². The zero-order valence-corrected chi connectivity index (χ0v) is 13.8. The summed E-state index contributed by atoms with van der Waals surface area (Å²) in [5.74, 6) is 1.78. The van der Waals surface area contributed by atoms with Crippen LogP contribution in [-0.2, 0) is 6.42 Å². The summed E-state index contributed by atoms with van der Waals surface area (Å²) in [6.45, 7) is 0. The highest BCUT2D eigenvalue weighted by molar-refractivity contribution is 5.76. The lowest BCUT2D eigenvalue weighted by Crippen LogP contribution is -2.10. The molecule has 1 heterocycles. The SMILES string of the molecule is COc1cc(OC)c(OC)cc1Cc1coc2ccccc2c1=O. The number of fused-ring (bicyclic) bond motifs is 1. The number of ether oxygens (including phenoxy) is 3. The van der Waals surface area contributed by atoms with Crippen molar-refractivity contribution in [3.05, 3.63) is 64.0 Å². The number of hydrogen-bond acceptors (Lipinski definition) is 5. The van der Waals surface area contributed by atoms with Gasteiger partial charge in [0, 0.05) is 23.6 Å². The van der Waals surface area contributed by atoms with E-state index in [9.17, 15) is 4.79 Å². The van der Waals surface area contributed by atoms with Crippen molar-refractivity contribution in [3.63, 3.8) is 0 Å². The van der Waals surface area contributed by atoms with Crippen molar-refractivity contribution >= 4 is 11.0 Å². The molecule has 0 bridgehead atoms. The highest BCUT2D eigenvalue weighted by Crippen LogP contribution is 2.35. The molecule has 3 rings (SSSR count). The van der Waals surface area contributed by atoms with Crippen molar-refractivity contribution in [3.8, 4) is 17.2 Å². The molecule has 0 radical (unpaired) electrons. The van der Waals surface area contributed by atoms with Gasteiger partial charge in [-0.05, 0) is 18.2 Å². The lowest BCUT2D eigenvalue weighted by atomic mass is 10.0. The zero-order chi connectivity index (χ0) is 17.1. The molecule has 0 fully saturated rings. The average Bonchev–Trinajstić information content (AvgIpc) is 2.63. The predicted octanol–water partition coefficient (Wildman–Crippen LogP) is 3.41. The summed E-state index contributed by atoms with van der Waals surface area (Å²) in [6, 6.07) is 10.7. The number of rotatable bonds is 5. The first-order chi connectivity index (χ1) is 11.7. The first-order valence-electron chi connectivity index (χ1n) is 7.46. The topological polar surface area (TPSA) is 57.9 Å². The highest BCUT2D eigenvalue weighted by Gasteiger charge is 2.15. The minimum absolute atomic E-state index is 0.0475. The summed E-state index contributed by atoms with van der Waals surface area (Å²) in [5, 5.41) is 0.564. The molecule has 0 amide bonds. The normalized spacial score (nSPS) is 10.6. The van der Waals surface area contributed by atoms with E-state index < -0.39 is 0 Å². The molecule has 0 N–H and O–H groups in total. The molecule has 0 atom stereocenters. The fraction of sp³-hybridized carbons (Fsp3) is 0.211. The van der Waals surface area contributed by atoms with E-state index in [-0.39, 0.29) is 5.43 Å². The van der Waals surface area contributed by atoms with Crippen LogP contribution >= 0.6 is 0 Å². The van der Waals surface area contributed by atoms with Crippen molar-refractivity contribution in [2.75, 3.05) is 21.3 Å². The molecular formula is C19H18O5. The van der Waals surface area contributed by atoms with Gasteiger partial charge in [-0.2, -0.15) is 0 Å². The van der Waals surface area contributed by atoms with E-state index in [2.05, 4.69) is 0 Å². The van der Waals surface area contributed by atoms with Crippen molar-refractivity contribution in [1.82, 2.24) is 0 Å². The predicted molar refractivity (Wildman–Crippen MR) is 91.4 cm³/mol. The maximum Gasteiger partial charge on any atom is 0.196 e. The van der Waals surface area contributed by atoms with E-state index in [0.29, 0.717) is 40.2 Å². The monoisotopic (exact) mass is 326 g/mol. The Labute approximate surface area is 139 Å². The fourth-order valence-electron chi connectivity index (χ4n) is 2.68. The minimum atomic E-state index is -0.0475. The van der Waals surface area contributed by atoms with E-state index in [1.807, 2.05) is 18.2 Å². The Hall–Kier alpha value is -2.95. The van der Waals surface area contributed by atoms with Gasteiger partial charge in [0.15, 0.2) is 16.9 Å². The van der Waals surface area contributed by atoms with Gasteiger partial charge in [-0.25, -0.2) is 0 Å². The van der Waals surface area contributed by atoms with Crippen LogP contribution in [0.15, 0.2) is 51.9 Å². The molecule has 124 valence electrons. The van der Waals surface area contributed by atoms with E-state index in [1.165, 1.54) is 6.26 Å². The maximum atomic E-state index is 12.7. The van der Waals surface area contributed by atoms with Gasteiger partial charge in [-0.1, -0.05) is 12.1 Å². The lowest BCUT2D eigenvalue weighted by molar-refractivity contribution is 0.347. The van der Waals surface area contributed by atoms with E-state index in [0.717, 1.165) is 5.56 Å². The highest BCUT2D eigenvalue weighted by atomic mass is 16.5. The molecule has 0 unspecified atom stereocenters. The van der Waals surface area contributed by atoms with Gasteiger partial charge >= 0.3 is 0 Å². The standard InChI is InChI=1S/C19H18O5/c1-21-16-10-18(23-3)17(22-2)9-12(16)8-13-11-24-15-7-5-4-6-14(15)19(13)20/h4-7,9-11H,8H2,1-3H3. The smallest absolute Gasteiger partial charge is 0.196 e. The molecule has 1 aromatic heterocycles. The maximum absolute atomic E-state index is 12.7. The second-order valence-corrected chi connectivity index (χ2v) is 5.28. The molecule has 3 aromatic rings. The van der Waals surface area contributed by atoms with Gasteiger partial charge in [0.1, 0.15) is 11.3 Å². The second kappa shape index (κ2) is 6.66. The van der Waals surface area contributed by atoms with Gasteiger partial charge < -0.3 is 18.6 Å². The molecule has 5 heteroatoms. The number of methoxy groups -OCH3 is 3. The number of benzene rings is 2. The quantitative estimate of drug-likeness (QED) is 0.719. The molecule has 2 aromatic carbocycles. The van der Waals surface area contributed by atoms with Gasteiger partial charge in [0.2, 0.25) is 0 Å². The summed E-state index contributed by atoms with van der Waals surface area (Å²) in [5.41, 5.74) is 1.90. The zero-order valence-electron chi connectivity index (χ0n) is 13.8. The van der Waals surface area contributed by atoms with Crippen LogP contribution < -0.4 is 19.6 Å². The number of para-hydroxylation sites is 1. The Morgan fingerprint density at radius 2 is 1.54 bits per heavy atom. The molecule has 0 saturated carbocycles. The van der Waals surface area contributed by atoms with Gasteiger partial charge in [-0.3, -0.25) is 4.79 Å². The van der Waals surface area contributed by atoms with Crippen LogP contribution in [0.5, 0.6) is 17.2 Å². The summed E-state index contributed by atoms with van der Waals surface area (Å²) >= 11 is 0. The van der Waals surface area contributed by atoms with E-state index in [1.54, 1.807) is 39.5 Å². The largest absolute Gasteiger partial charge is 0.496 e. The first kappa shape index (κ1) is 15.9. The third-order valence-corrected chi connectivity index (χ3v) is 3.92. The molecular weight excluding hydrogens is 308 g/mol. The minimum Gasteiger partial charge on any atom is -0.496 e. The summed E-state index contributed by atoms with van der Waals surface area (Å²) in [6.07, 6.45) is 1.87. The summed E-state index contributed by atoms with van der Waals surface area (Å²) in [4.78, 5) is 12.7. The van der Waals surface area contributed by atoms with Crippen LogP contribution in [0.25, 0.3) is 11.0 Å². The van der Waals surface area contributed by atoms with E-state index in [4.69, 9.17) is 18.6 Å². The second-order valence-electron chi connectivity index (χ2n) is 5.28. The van der Waals surface area contributed by atoms with Crippen LogP contribution in [0.4, 0.5) is 0 Å². The van der Waals surface area contributed by atoms with Crippen LogP contribution in [0.1, 0.15) is 11.1 Å². The van der Waals surface area contributed by atoms with Gasteiger partial charge in [0.05, 0.1) is 33.0 Å². The molecule has 0 spiro atoms. The molecule has 0 saturated heterocycles. The molecule has 0 aliphatic heterocycles. The molecule has 5 nitrogen and oxygen atoms in total. The van der Waals surface area contributed by atoms with E-state index >= 15 is 0 Å².